The van der Waals surface area contributed by atoms with E-state index in [9.17, 15) is 17.6 Å². The van der Waals surface area contributed by atoms with Crippen molar-refractivity contribution >= 4 is 94.2 Å². The molecular weight excluding hydrogens is 1950 g/mol. The van der Waals surface area contributed by atoms with Crippen molar-refractivity contribution in [3.05, 3.63) is 454 Å². The van der Waals surface area contributed by atoms with Crippen molar-refractivity contribution in [3.8, 4) is 0 Å². The molecule has 0 saturated carbocycles. The lowest BCUT2D eigenvalue weighted by atomic mass is 10.0. The molecule has 0 aliphatic heterocycles. The third kappa shape index (κ3) is 54.4. The van der Waals surface area contributed by atoms with E-state index in [2.05, 4.69) is 366 Å². The first-order valence-electron chi connectivity index (χ1n) is 47.2. The number of rotatable bonds is 13. The normalized spacial score (nSPS) is 10.4. The Morgan fingerprint density at radius 3 is 0.859 bits per heavy atom. The molecule has 0 aliphatic carbocycles. The topological polar surface area (TPSA) is 0 Å². The molecule has 734 valence electrons. The van der Waals surface area contributed by atoms with Crippen molar-refractivity contribution in [1.29, 1.82) is 0 Å². The average Bonchev–Trinajstić information content (AvgIpc) is 0.875. The van der Waals surface area contributed by atoms with Crippen LogP contribution in [-0.4, -0.2) is 0 Å². The zero-order valence-electron chi connectivity index (χ0n) is 86.4. The zero-order valence-corrected chi connectivity index (χ0v) is 94.2. The lowest BCUT2D eigenvalue weighted by Crippen LogP contribution is -1.92. The van der Waals surface area contributed by atoms with E-state index in [1.54, 1.807) is 37.3 Å². The molecule has 0 N–H and O–H groups in total. The predicted octanol–water partition coefficient (Wildman–Crippen LogP) is 44.5. The molecule has 0 bridgehead atoms. The summed E-state index contributed by atoms with van der Waals surface area (Å²) >= 11 is 34.0. The van der Waals surface area contributed by atoms with Crippen molar-refractivity contribution in [3.63, 3.8) is 0 Å². The highest BCUT2D eigenvalue weighted by atomic mass is 79.9. The summed E-state index contributed by atoms with van der Waals surface area (Å²) in [6.45, 7) is 67.4. The highest BCUT2D eigenvalue weighted by Crippen LogP contribution is 2.30. The molecule has 11 heteroatoms. The van der Waals surface area contributed by atoms with Gasteiger partial charge in [0.25, 0.3) is 0 Å². The Hall–Kier alpha value is -7.82. The molecule has 135 heavy (non-hydrogen) atoms. The van der Waals surface area contributed by atoms with E-state index in [0.29, 0.717) is 65.1 Å². The summed E-state index contributed by atoms with van der Waals surface area (Å²) in [5.41, 5.74) is 22.5. The van der Waals surface area contributed by atoms with Gasteiger partial charge in [0, 0.05) is 33.5 Å². The fourth-order valence-electron chi connectivity index (χ4n) is 12.3. The minimum atomic E-state index is -0.147. The maximum atomic E-state index is 13.1. The van der Waals surface area contributed by atoms with Crippen LogP contribution >= 0.6 is 94.2 Å². The maximum Gasteiger partial charge on any atom is 0.126 e. The fraction of sp³-hybridized carbons (Fsp3) is 0.371. The van der Waals surface area contributed by atoms with E-state index in [0.717, 1.165) is 63.5 Å². The zero-order chi connectivity index (χ0) is 102. The Morgan fingerprint density at radius 1 is 0.200 bits per heavy atom. The van der Waals surface area contributed by atoms with E-state index in [4.69, 9.17) is 46.4 Å². The SMILES string of the molecule is C.CC(C)c1ccc(Br)cc1.CC(C)c1cccc(Br)c1.CC(C)c1cccc(Cl)c1.CC(C)c1cccc(F)c1.CC(C)c1ccccc1Br.CC(C)c1ccccc1Cl.CC(C)c1ccccc1F.Cc1ccc(C(C)C)c(Cl)c1.Cc1ccc(C(C)C)c(F)c1.Cc1ccc(C(C)C)cc1.Cc1ccc(C(C)C)cc1.Cc1ccc(C(C)C)cc1Cl.Cc1ccc(C(C)C)cc1F. The van der Waals surface area contributed by atoms with Gasteiger partial charge in [-0.05, 0) is 304 Å². The highest BCUT2D eigenvalue weighted by molar-refractivity contribution is 9.11. The lowest BCUT2D eigenvalue weighted by molar-refractivity contribution is 0.597. The summed E-state index contributed by atoms with van der Waals surface area (Å²) in [7, 11) is 0. The van der Waals surface area contributed by atoms with Gasteiger partial charge in [-0.1, -0.05) is 493 Å². The molecule has 0 aliphatic rings. The molecule has 0 heterocycles. The van der Waals surface area contributed by atoms with E-state index in [-0.39, 0.29) is 42.5 Å². The summed E-state index contributed by atoms with van der Waals surface area (Å²) < 4.78 is 54.9. The average molecular weight is 2110 g/mol. The first-order chi connectivity index (χ1) is 62.8. The molecule has 0 nitrogen and oxygen atoms in total. The van der Waals surface area contributed by atoms with Gasteiger partial charge in [-0.25, -0.2) is 17.6 Å². The molecule has 0 aromatic heterocycles. The predicted molar refractivity (Wildman–Crippen MR) is 605 cm³/mol. The summed E-state index contributed by atoms with van der Waals surface area (Å²) in [5.74, 6) is 6.28. The van der Waals surface area contributed by atoms with Gasteiger partial charge < -0.3 is 0 Å². The van der Waals surface area contributed by atoms with Gasteiger partial charge in [0.15, 0.2) is 0 Å². The van der Waals surface area contributed by atoms with Crippen molar-refractivity contribution < 1.29 is 17.6 Å². The summed E-state index contributed by atoms with van der Waals surface area (Å²) in [5, 5.41) is 3.46. The van der Waals surface area contributed by atoms with Crippen molar-refractivity contribution in [2.24, 2.45) is 0 Å². The molecule has 0 unspecified atom stereocenters. The van der Waals surface area contributed by atoms with Crippen LogP contribution in [0.15, 0.2) is 305 Å². The Morgan fingerprint density at radius 2 is 0.526 bits per heavy atom. The maximum absolute atomic E-state index is 13.1. The minimum absolute atomic E-state index is 0. The largest absolute Gasteiger partial charge is 0.207 e. The number of benzene rings is 13. The summed E-state index contributed by atoms with van der Waals surface area (Å²) in [6, 6.07) is 95.4. The van der Waals surface area contributed by atoms with E-state index in [1.165, 1.54) is 87.8 Å². The number of hydrogen-bond donors (Lipinski definition) is 0. The van der Waals surface area contributed by atoms with Crippen LogP contribution in [0.4, 0.5) is 17.6 Å². The van der Waals surface area contributed by atoms with Crippen LogP contribution in [0.2, 0.25) is 20.1 Å². The Balaban J connectivity index is 0.00000144. The molecule has 0 fully saturated rings. The minimum Gasteiger partial charge on any atom is -0.207 e. The molecular formula is C124H161Br3Cl4F4. The Bertz CT molecular complexity index is 4910. The van der Waals surface area contributed by atoms with Gasteiger partial charge in [-0.15, -0.1) is 0 Å². The molecule has 0 radical (unpaired) electrons. The second-order valence-corrected chi connectivity index (χ2v) is 42.0. The summed E-state index contributed by atoms with van der Waals surface area (Å²) in [6.07, 6.45) is 0. The molecule has 13 aromatic carbocycles. The third-order valence-electron chi connectivity index (χ3n) is 21.4. The standard InChI is InChI=1S/2C10H13Cl.2C10H13F.2C10H14.3C9H11Br.2C9H11Cl.2C9H11F.CH4/c1-7(2)9-5-4-8(3)10(11)6-9;1-7(2)9-5-4-8(3)6-10(9)11;1-7(2)9-5-4-8(3)10(11)6-9;1-7(2)9-5-4-8(3)6-10(9)11;2*1-8(2)10-6-4-9(3)5-7-10;1-7(2)8-3-5-9(10)6-4-8;1-7(2)8-4-3-5-9(10)6-8;1-7(2)8-5-3-4-6-9(8)10;1-7(2)8-4-3-5-9(10)6-8;1-7(2)8-5-3-4-6-9(8)10;1-7(2)8-4-3-5-9(10)6-8;1-7(2)8-5-3-4-6-9(8)10;/h4*4-7H,1-3H3;2*4-8H,1-3H3;7*3-7H,1-2H3;1H4. The van der Waals surface area contributed by atoms with Crippen LogP contribution in [0.3, 0.4) is 0 Å². The molecule has 0 spiro atoms. The summed E-state index contributed by atoms with van der Waals surface area (Å²) in [4.78, 5) is 0. The Labute approximate surface area is 863 Å². The quantitative estimate of drug-likeness (QED) is 0.101. The van der Waals surface area contributed by atoms with Gasteiger partial charge >= 0.3 is 0 Å². The molecule has 13 aromatic rings. The van der Waals surface area contributed by atoms with E-state index < -0.39 is 0 Å². The van der Waals surface area contributed by atoms with Gasteiger partial charge in [0.2, 0.25) is 0 Å². The van der Waals surface area contributed by atoms with Crippen LogP contribution < -0.4 is 0 Å². The fourth-order valence-corrected chi connectivity index (χ4v) is 14.9. The van der Waals surface area contributed by atoms with Gasteiger partial charge in [0.1, 0.15) is 23.3 Å². The van der Waals surface area contributed by atoms with Gasteiger partial charge in [-0.3, -0.25) is 0 Å². The van der Waals surface area contributed by atoms with Crippen LogP contribution in [0.1, 0.15) is 370 Å². The van der Waals surface area contributed by atoms with Crippen LogP contribution in [0, 0.1) is 64.8 Å². The van der Waals surface area contributed by atoms with Crippen molar-refractivity contribution in [2.45, 2.75) is 306 Å². The lowest BCUT2D eigenvalue weighted by Gasteiger charge is -2.07. The second kappa shape index (κ2) is 69.1. The number of aryl methyl sites for hydroxylation is 6. The molecule has 0 amide bonds. The van der Waals surface area contributed by atoms with Crippen molar-refractivity contribution in [1.82, 2.24) is 0 Å². The van der Waals surface area contributed by atoms with E-state index >= 15 is 0 Å². The highest BCUT2D eigenvalue weighted by Gasteiger charge is 2.11. The van der Waals surface area contributed by atoms with Crippen LogP contribution in [0.5, 0.6) is 0 Å². The monoisotopic (exact) mass is 2100 g/mol. The second-order valence-electron chi connectivity index (χ2n) is 37.7. The van der Waals surface area contributed by atoms with E-state index in [1.807, 2.05) is 145 Å². The number of halogens is 11. The molecule has 13 rings (SSSR count). The van der Waals surface area contributed by atoms with Gasteiger partial charge in [-0.2, -0.15) is 0 Å². The number of hydrogen-bond acceptors (Lipinski definition) is 0. The van der Waals surface area contributed by atoms with Crippen LogP contribution in [-0.2, 0) is 0 Å². The van der Waals surface area contributed by atoms with Crippen molar-refractivity contribution in [2.75, 3.05) is 0 Å². The smallest absolute Gasteiger partial charge is 0.126 e. The van der Waals surface area contributed by atoms with Crippen LogP contribution in [0.25, 0.3) is 0 Å². The third-order valence-corrected chi connectivity index (χ3v) is 24.5. The first kappa shape index (κ1) is 127. The molecule has 0 atom stereocenters. The molecule has 0 saturated heterocycles. The van der Waals surface area contributed by atoms with Gasteiger partial charge in [0.05, 0.1) is 0 Å². The Kier molecular flexibility index (Phi) is 65.1. The first-order valence-corrected chi connectivity index (χ1v) is 51.1.